The number of rotatable bonds is 3. The van der Waals surface area contributed by atoms with Crippen molar-refractivity contribution in [2.45, 2.75) is 19.4 Å². The van der Waals surface area contributed by atoms with Gasteiger partial charge in [0.25, 0.3) is 5.91 Å². The number of ketones is 1. The van der Waals surface area contributed by atoms with Gasteiger partial charge in [-0.1, -0.05) is 0 Å². The van der Waals surface area contributed by atoms with Crippen molar-refractivity contribution < 1.29 is 14.4 Å². The molecule has 1 aromatic heterocycles. The maximum atomic E-state index is 12.0. The summed E-state index contributed by atoms with van der Waals surface area (Å²) >= 11 is 0. The van der Waals surface area contributed by atoms with Crippen molar-refractivity contribution in [1.82, 2.24) is 14.8 Å². The molecule has 1 aliphatic rings. The van der Waals surface area contributed by atoms with Crippen LogP contribution in [0.25, 0.3) is 0 Å². The predicted molar refractivity (Wildman–Crippen MR) is 64.1 cm³/mol. The summed E-state index contributed by atoms with van der Waals surface area (Å²) in [5.74, 6) is -0.640. The van der Waals surface area contributed by atoms with E-state index in [0.717, 1.165) is 4.90 Å². The molecule has 0 unspecified atom stereocenters. The number of carbonyl (C=O) groups is 3. The summed E-state index contributed by atoms with van der Waals surface area (Å²) in [5, 5.41) is 2.54. The zero-order valence-corrected chi connectivity index (χ0v) is 10.6. The highest BCUT2D eigenvalue weighted by Crippen LogP contribution is 2.17. The molecule has 2 heterocycles. The molecule has 0 aromatic carbocycles. The normalized spacial score (nSPS) is 18.1. The standard InChI is InChI=1S/C12H15N3O3/c1-12(2)10(17)15(11(18)13-12)7-9(16)8-5-4-6-14(8)3/h4-6H,7H2,1-3H3,(H,13,18). The first-order chi connectivity index (χ1) is 8.33. The molecule has 18 heavy (non-hydrogen) atoms. The minimum absolute atomic E-state index is 0.230. The van der Waals surface area contributed by atoms with Crippen molar-refractivity contribution in [3.05, 3.63) is 24.0 Å². The smallest absolute Gasteiger partial charge is 0.325 e. The Morgan fingerprint density at radius 3 is 2.50 bits per heavy atom. The van der Waals surface area contributed by atoms with E-state index >= 15 is 0 Å². The Morgan fingerprint density at radius 1 is 1.39 bits per heavy atom. The highest BCUT2D eigenvalue weighted by Gasteiger charge is 2.44. The molecule has 1 fully saturated rings. The molecule has 0 aliphatic carbocycles. The third kappa shape index (κ3) is 1.90. The average molecular weight is 249 g/mol. The van der Waals surface area contributed by atoms with Gasteiger partial charge in [0, 0.05) is 13.2 Å². The lowest BCUT2D eigenvalue weighted by molar-refractivity contribution is -0.129. The molecule has 3 amide bonds. The Bertz CT molecular complexity index is 530. The van der Waals surface area contributed by atoms with Gasteiger partial charge in [0.1, 0.15) is 5.54 Å². The lowest BCUT2D eigenvalue weighted by Crippen LogP contribution is -2.41. The van der Waals surface area contributed by atoms with Crippen LogP contribution in [0, 0.1) is 0 Å². The summed E-state index contributed by atoms with van der Waals surface area (Å²) in [5.41, 5.74) is -0.466. The second-order valence-corrected chi connectivity index (χ2v) is 4.87. The average Bonchev–Trinajstić information content (AvgIpc) is 2.76. The van der Waals surface area contributed by atoms with Crippen LogP contribution in [0.2, 0.25) is 0 Å². The summed E-state index contributed by atoms with van der Waals surface area (Å²) in [6, 6.07) is 2.88. The van der Waals surface area contributed by atoms with Crippen LogP contribution in [0.3, 0.4) is 0 Å². The quantitative estimate of drug-likeness (QED) is 0.627. The first-order valence-electron chi connectivity index (χ1n) is 5.61. The van der Waals surface area contributed by atoms with Gasteiger partial charge in [0.05, 0.1) is 12.2 Å². The molecular weight excluding hydrogens is 234 g/mol. The van der Waals surface area contributed by atoms with E-state index in [2.05, 4.69) is 5.32 Å². The number of aromatic nitrogens is 1. The molecule has 0 spiro atoms. The van der Waals surface area contributed by atoms with Gasteiger partial charge in [-0.3, -0.25) is 14.5 Å². The predicted octanol–water partition coefficient (Wildman–Crippen LogP) is 0.538. The highest BCUT2D eigenvalue weighted by molar-refractivity contribution is 6.10. The molecule has 0 bridgehead atoms. The minimum Gasteiger partial charge on any atom is -0.348 e. The Hall–Kier alpha value is -2.11. The van der Waals surface area contributed by atoms with Crippen molar-refractivity contribution >= 4 is 17.7 Å². The van der Waals surface area contributed by atoms with Crippen molar-refractivity contribution in [2.24, 2.45) is 7.05 Å². The van der Waals surface area contributed by atoms with E-state index in [4.69, 9.17) is 0 Å². The van der Waals surface area contributed by atoms with E-state index in [0.29, 0.717) is 5.69 Å². The Kier molecular flexibility index (Phi) is 2.73. The first-order valence-corrected chi connectivity index (χ1v) is 5.61. The molecule has 1 aliphatic heterocycles. The summed E-state index contributed by atoms with van der Waals surface area (Å²) in [6.45, 7) is 2.99. The molecule has 0 saturated carbocycles. The van der Waals surface area contributed by atoms with Gasteiger partial charge in [-0.15, -0.1) is 0 Å². The Balaban J connectivity index is 2.16. The zero-order chi connectivity index (χ0) is 13.5. The molecule has 1 N–H and O–H groups in total. The lowest BCUT2D eigenvalue weighted by atomic mass is 10.1. The monoisotopic (exact) mass is 249 g/mol. The van der Waals surface area contributed by atoms with Gasteiger partial charge >= 0.3 is 6.03 Å². The van der Waals surface area contributed by atoms with Crippen molar-refractivity contribution in [2.75, 3.05) is 6.54 Å². The number of hydrogen-bond acceptors (Lipinski definition) is 3. The third-order valence-electron chi connectivity index (χ3n) is 2.98. The van der Waals surface area contributed by atoms with Crippen LogP contribution >= 0.6 is 0 Å². The van der Waals surface area contributed by atoms with E-state index in [1.807, 2.05) is 0 Å². The van der Waals surface area contributed by atoms with Crippen LogP contribution in [0.4, 0.5) is 4.79 Å². The number of urea groups is 1. The molecule has 1 aromatic rings. The van der Waals surface area contributed by atoms with Crippen molar-refractivity contribution in [3.63, 3.8) is 0 Å². The van der Waals surface area contributed by atoms with Crippen molar-refractivity contribution in [3.8, 4) is 0 Å². The van der Waals surface area contributed by atoms with E-state index < -0.39 is 11.6 Å². The summed E-state index contributed by atoms with van der Waals surface area (Å²) in [4.78, 5) is 36.5. The number of amides is 3. The number of Topliss-reactive ketones (excluding diaryl/α,β-unsaturated/α-hetero) is 1. The number of imide groups is 1. The van der Waals surface area contributed by atoms with Crippen LogP contribution < -0.4 is 5.32 Å². The third-order valence-corrected chi connectivity index (χ3v) is 2.98. The van der Waals surface area contributed by atoms with E-state index in [-0.39, 0.29) is 18.2 Å². The second kappa shape index (κ2) is 3.97. The Morgan fingerprint density at radius 2 is 2.06 bits per heavy atom. The second-order valence-electron chi connectivity index (χ2n) is 4.87. The fraction of sp³-hybridized carbons (Fsp3) is 0.417. The van der Waals surface area contributed by atoms with Gasteiger partial charge in [-0.2, -0.15) is 0 Å². The van der Waals surface area contributed by atoms with E-state index in [1.54, 1.807) is 43.8 Å². The molecule has 0 radical (unpaired) electrons. The number of nitrogens with zero attached hydrogens (tertiary/aromatic N) is 2. The molecule has 1 saturated heterocycles. The number of carbonyl (C=O) groups excluding carboxylic acids is 3. The topological polar surface area (TPSA) is 71.4 Å². The first kappa shape index (κ1) is 12.3. The lowest BCUT2D eigenvalue weighted by Gasteiger charge is -2.15. The molecular formula is C12H15N3O3. The van der Waals surface area contributed by atoms with Gasteiger partial charge in [-0.05, 0) is 26.0 Å². The molecule has 6 heteroatoms. The summed E-state index contributed by atoms with van der Waals surface area (Å²) in [7, 11) is 1.74. The SMILES string of the molecule is Cn1cccc1C(=O)CN1C(=O)NC(C)(C)C1=O. The molecule has 6 nitrogen and oxygen atoms in total. The van der Waals surface area contributed by atoms with Gasteiger partial charge in [0.2, 0.25) is 0 Å². The van der Waals surface area contributed by atoms with Crippen molar-refractivity contribution in [1.29, 1.82) is 0 Å². The molecule has 0 atom stereocenters. The fourth-order valence-electron chi connectivity index (χ4n) is 1.94. The van der Waals surface area contributed by atoms with Crippen LogP contribution in [0.1, 0.15) is 24.3 Å². The van der Waals surface area contributed by atoms with Gasteiger partial charge in [0.15, 0.2) is 5.78 Å². The van der Waals surface area contributed by atoms with Gasteiger partial charge in [-0.25, -0.2) is 4.79 Å². The van der Waals surface area contributed by atoms with Crippen LogP contribution in [0.5, 0.6) is 0 Å². The van der Waals surface area contributed by atoms with E-state index in [1.165, 1.54) is 0 Å². The summed E-state index contributed by atoms with van der Waals surface area (Å²) < 4.78 is 1.66. The number of nitrogens with one attached hydrogen (secondary N) is 1. The van der Waals surface area contributed by atoms with Gasteiger partial charge < -0.3 is 9.88 Å². The maximum Gasteiger partial charge on any atom is 0.325 e. The summed E-state index contributed by atoms with van der Waals surface area (Å²) in [6.07, 6.45) is 1.74. The molecule has 2 rings (SSSR count). The minimum atomic E-state index is -0.939. The largest absolute Gasteiger partial charge is 0.348 e. The highest BCUT2D eigenvalue weighted by atomic mass is 16.2. The van der Waals surface area contributed by atoms with E-state index in [9.17, 15) is 14.4 Å². The number of hydrogen-bond donors (Lipinski definition) is 1. The van der Waals surface area contributed by atoms with Crippen LogP contribution in [-0.4, -0.2) is 39.3 Å². The maximum absolute atomic E-state index is 12.0. The zero-order valence-electron chi connectivity index (χ0n) is 10.6. The Labute approximate surface area is 105 Å². The fourth-order valence-corrected chi connectivity index (χ4v) is 1.94. The van der Waals surface area contributed by atoms with Crippen LogP contribution in [-0.2, 0) is 11.8 Å². The molecule has 96 valence electrons. The van der Waals surface area contributed by atoms with Crippen LogP contribution in [0.15, 0.2) is 18.3 Å². The number of aryl methyl sites for hydroxylation is 1.